The van der Waals surface area contributed by atoms with Crippen LogP contribution in [0.4, 0.5) is 0 Å². The van der Waals surface area contributed by atoms with E-state index in [4.69, 9.17) is 40.0 Å². The SMILES string of the molecule is ClC1=C(OCc2ccccc2)[C@@H](OCc2ccccc2)[C@H](OCc2ccccc2)[C@@H](COCc2ccccc2)OC1Oc1ccccc1. The molecule has 6 rings (SSSR count). The predicted molar refractivity (Wildman–Crippen MR) is 186 cm³/mol. The Labute approximate surface area is 287 Å². The first-order chi connectivity index (χ1) is 23.7. The smallest absolute Gasteiger partial charge is 0.241 e. The van der Waals surface area contributed by atoms with Crippen LogP contribution in [-0.2, 0) is 50.1 Å². The van der Waals surface area contributed by atoms with Gasteiger partial charge in [-0.3, -0.25) is 0 Å². The molecule has 0 fully saturated rings. The van der Waals surface area contributed by atoms with Gasteiger partial charge in [0.25, 0.3) is 0 Å². The van der Waals surface area contributed by atoms with Crippen LogP contribution in [0.5, 0.6) is 5.75 Å². The average Bonchev–Trinajstić information content (AvgIpc) is 3.24. The van der Waals surface area contributed by atoms with Crippen LogP contribution in [0.25, 0.3) is 0 Å². The quantitative estimate of drug-likeness (QED) is 0.112. The highest BCUT2D eigenvalue weighted by Gasteiger charge is 2.44. The molecule has 5 aromatic carbocycles. The van der Waals surface area contributed by atoms with Gasteiger partial charge in [0.15, 0.2) is 0 Å². The molecule has 1 unspecified atom stereocenters. The van der Waals surface area contributed by atoms with Crippen LogP contribution in [0.1, 0.15) is 22.3 Å². The van der Waals surface area contributed by atoms with Crippen molar-refractivity contribution in [3.63, 3.8) is 0 Å². The average molecular weight is 663 g/mol. The first-order valence-electron chi connectivity index (χ1n) is 16.1. The molecule has 6 nitrogen and oxygen atoms in total. The first kappa shape index (κ1) is 33.5. The molecule has 0 N–H and O–H groups in total. The number of halogens is 1. The Morgan fingerprint density at radius 3 is 1.52 bits per heavy atom. The maximum atomic E-state index is 7.25. The third-order valence-electron chi connectivity index (χ3n) is 7.84. The van der Waals surface area contributed by atoms with Crippen molar-refractivity contribution in [1.82, 2.24) is 0 Å². The monoisotopic (exact) mass is 662 g/mol. The molecule has 0 bridgehead atoms. The molecule has 7 heteroatoms. The Hall–Kier alpha value is -4.43. The number of para-hydroxylation sites is 1. The van der Waals surface area contributed by atoms with E-state index in [1.807, 2.05) is 152 Å². The van der Waals surface area contributed by atoms with Crippen LogP contribution in [0.15, 0.2) is 162 Å². The Morgan fingerprint density at radius 1 is 0.521 bits per heavy atom. The summed E-state index contributed by atoms with van der Waals surface area (Å²) in [5, 5.41) is 0.242. The molecule has 246 valence electrons. The molecule has 0 saturated heterocycles. The summed E-state index contributed by atoms with van der Waals surface area (Å²) in [6.45, 7) is 1.44. The lowest BCUT2D eigenvalue weighted by Gasteiger charge is -2.32. The number of benzene rings is 5. The van der Waals surface area contributed by atoms with Crippen molar-refractivity contribution >= 4 is 11.6 Å². The fourth-order valence-corrected chi connectivity index (χ4v) is 5.63. The minimum Gasteiger partial charge on any atom is -0.489 e. The molecule has 1 heterocycles. The van der Waals surface area contributed by atoms with Crippen LogP contribution in [-0.4, -0.2) is 31.2 Å². The molecule has 0 saturated carbocycles. The maximum Gasteiger partial charge on any atom is 0.241 e. The Morgan fingerprint density at radius 2 is 0.979 bits per heavy atom. The number of ether oxygens (including phenoxy) is 6. The Kier molecular flexibility index (Phi) is 12.3. The van der Waals surface area contributed by atoms with Crippen molar-refractivity contribution < 1.29 is 28.4 Å². The molecule has 0 spiro atoms. The second-order valence-corrected chi connectivity index (χ2v) is 11.8. The fraction of sp³-hybridized carbons (Fsp3) is 0.220. The summed E-state index contributed by atoms with van der Waals surface area (Å²) in [4.78, 5) is 0. The molecule has 4 atom stereocenters. The molecule has 0 amide bonds. The van der Waals surface area contributed by atoms with Crippen LogP contribution in [0.2, 0.25) is 0 Å². The molecule has 1 aliphatic rings. The van der Waals surface area contributed by atoms with E-state index in [9.17, 15) is 0 Å². The highest BCUT2D eigenvalue weighted by atomic mass is 35.5. The van der Waals surface area contributed by atoms with Gasteiger partial charge in [-0.15, -0.1) is 0 Å². The lowest BCUT2D eigenvalue weighted by molar-refractivity contribution is -0.189. The number of hydrogen-bond acceptors (Lipinski definition) is 6. The standard InChI is InChI=1S/C41H39ClO6/c42-37-39(45-28-33-20-10-3-11-21-33)40(46-29-34-22-12-4-13-23-34)38(44-27-32-18-8-2-9-19-32)36(30-43-26-31-16-6-1-7-17-31)48-41(37)47-35-24-14-5-15-25-35/h1-25,36,38,40-41H,26-30H2/t36-,38-,40+,41?/m1/s1. The highest BCUT2D eigenvalue weighted by Crippen LogP contribution is 2.35. The summed E-state index contributed by atoms with van der Waals surface area (Å²) in [6, 6.07) is 49.4. The normalized spacial score (nSPS) is 19.4. The van der Waals surface area contributed by atoms with E-state index >= 15 is 0 Å². The summed E-state index contributed by atoms with van der Waals surface area (Å²) in [6.07, 6.45) is -3.12. The Bertz CT molecular complexity index is 1670. The topological polar surface area (TPSA) is 55.4 Å². The van der Waals surface area contributed by atoms with Gasteiger partial charge >= 0.3 is 0 Å². The van der Waals surface area contributed by atoms with Crippen molar-refractivity contribution in [2.45, 2.75) is 51.0 Å². The van der Waals surface area contributed by atoms with Crippen LogP contribution in [0.3, 0.4) is 0 Å². The minimum atomic E-state index is -1.02. The van der Waals surface area contributed by atoms with Crippen LogP contribution in [0, 0.1) is 0 Å². The van der Waals surface area contributed by atoms with Gasteiger partial charge in [-0.1, -0.05) is 151 Å². The van der Waals surface area contributed by atoms with Gasteiger partial charge in [-0.05, 0) is 34.4 Å². The summed E-state index contributed by atoms with van der Waals surface area (Å²) < 4.78 is 39.4. The molecular formula is C41H39ClO6. The molecule has 48 heavy (non-hydrogen) atoms. The molecule has 0 aliphatic carbocycles. The van der Waals surface area contributed by atoms with E-state index in [0.29, 0.717) is 31.3 Å². The molecule has 0 aromatic heterocycles. The second-order valence-electron chi connectivity index (χ2n) is 11.4. The zero-order valence-electron chi connectivity index (χ0n) is 26.6. The van der Waals surface area contributed by atoms with Gasteiger partial charge in [0.05, 0.1) is 26.4 Å². The van der Waals surface area contributed by atoms with E-state index in [-0.39, 0.29) is 18.2 Å². The van der Waals surface area contributed by atoms with Crippen molar-refractivity contribution in [1.29, 1.82) is 0 Å². The largest absolute Gasteiger partial charge is 0.489 e. The van der Waals surface area contributed by atoms with Gasteiger partial charge in [-0.2, -0.15) is 0 Å². The number of hydrogen-bond donors (Lipinski definition) is 0. The second kappa shape index (κ2) is 17.6. The minimum absolute atomic E-state index is 0.185. The highest BCUT2D eigenvalue weighted by molar-refractivity contribution is 6.30. The van der Waals surface area contributed by atoms with E-state index in [0.717, 1.165) is 22.3 Å². The van der Waals surface area contributed by atoms with Gasteiger partial charge < -0.3 is 28.4 Å². The van der Waals surface area contributed by atoms with Crippen molar-refractivity contribution in [3.05, 3.63) is 185 Å². The Balaban J connectivity index is 1.37. The van der Waals surface area contributed by atoms with Gasteiger partial charge in [0.2, 0.25) is 6.29 Å². The summed E-state index contributed by atoms with van der Waals surface area (Å²) >= 11 is 7.25. The van der Waals surface area contributed by atoms with Gasteiger partial charge in [-0.25, -0.2) is 0 Å². The van der Waals surface area contributed by atoms with E-state index in [2.05, 4.69) is 0 Å². The fourth-order valence-electron chi connectivity index (χ4n) is 5.37. The zero-order valence-corrected chi connectivity index (χ0v) is 27.4. The van der Waals surface area contributed by atoms with Crippen LogP contribution < -0.4 is 4.74 Å². The lowest BCUT2D eigenvalue weighted by Crippen LogP contribution is -2.46. The predicted octanol–water partition coefficient (Wildman–Crippen LogP) is 8.85. The summed E-state index contributed by atoms with van der Waals surface area (Å²) in [7, 11) is 0. The van der Waals surface area contributed by atoms with Crippen molar-refractivity contribution in [2.75, 3.05) is 6.61 Å². The summed E-state index contributed by atoms with van der Waals surface area (Å²) in [5.74, 6) is 0.985. The zero-order chi connectivity index (χ0) is 32.8. The number of rotatable bonds is 15. The molecule has 1 aliphatic heterocycles. The summed E-state index contributed by atoms with van der Waals surface area (Å²) in [5.41, 5.74) is 4.03. The van der Waals surface area contributed by atoms with Gasteiger partial charge in [0, 0.05) is 0 Å². The van der Waals surface area contributed by atoms with Crippen molar-refractivity contribution in [3.8, 4) is 5.75 Å². The van der Waals surface area contributed by atoms with E-state index in [1.165, 1.54) is 0 Å². The van der Waals surface area contributed by atoms with Crippen molar-refractivity contribution in [2.24, 2.45) is 0 Å². The lowest BCUT2D eigenvalue weighted by atomic mass is 10.1. The third-order valence-corrected chi connectivity index (χ3v) is 8.20. The van der Waals surface area contributed by atoms with Crippen LogP contribution >= 0.6 is 11.6 Å². The first-order valence-corrected chi connectivity index (χ1v) is 16.5. The molecular weight excluding hydrogens is 624 g/mol. The van der Waals surface area contributed by atoms with E-state index < -0.39 is 24.6 Å². The maximum absolute atomic E-state index is 7.25. The molecule has 0 radical (unpaired) electrons. The molecule has 5 aromatic rings. The van der Waals surface area contributed by atoms with E-state index in [1.54, 1.807) is 0 Å². The van der Waals surface area contributed by atoms with Gasteiger partial charge in [0.1, 0.15) is 41.5 Å². The third kappa shape index (κ3) is 9.57.